The van der Waals surface area contributed by atoms with Gasteiger partial charge in [-0.2, -0.15) is 0 Å². The van der Waals surface area contributed by atoms with Crippen molar-refractivity contribution < 1.29 is 9.59 Å². The van der Waals surface area contributed by atoms with Gasteiger partial charge in [0.05, 0.1) is 17.1 Å². The number of rotatable bonds is 5. The lowest BCUT2D eigenvalue weighted by atomic mass is 10.0. The van der Waals surface area contributed by atoms with E-state index >= 15 is 0 Å². The number of H-pyrrole nitrogens is 1. The summed E-state index contributed by atoms with van der Waals surface area (Å²) in [4.78, 5) is 34.7. The predicted molar refractivity (Wildman–Crippen MR) is 109 cm³/mol. The molecular weight excluding hydrogens is 352 g/mol. The largest absolute Gasteiger partial charge is 0.342 e. The first-order valence-electron chi connectivity index (χ1n) is 9.69. The van der Waals surface area contributed by atoms with Gasteiger partial charge in [0, 0.05) is 24.2 Å². The molecule has 1 atom stereocenters. The Kier molecular flexibility index (Phi) is 4.86. The van der Waals surface area contributed by atoms with Crippen LogP contribution in [0.5, 0.6) is 0 Å². The average molecular weight is 376 g/mol. The normalized spacial score (nSPS) is 15.4. The summed E-state index contributed by atoms with van der Waals surface area (Å²) in [6.45, 7) is 4.81. The third-order valence-corrected chi connectivity index (χ3v) is 5.15. The van der Waals surface area contributed by atoms with Gasteiger partial charge < -0.3 is 15.2 Å². The third-order valence-electron chi connectivity index (χ3n) is 5.15. The van der Waals surface area contributed by atoms with E-state index in [0.29, 0.717) is 18.5 Å². The van der Waals surface area contributed by atoms with Crippen molar-refractivity contribution in [2.75, 3.05) is 11.4 Å². The maximum atomic E-state index is 12.9. The number of anilines is 1. The molecule has 1 aromatic heterocycles. The Balaban J connectivity index is 1.57. The molecule has 1 aliphatic rings. The van der Waals surface area contributed by atoms with Crippen LogP contribution in [0.4, 0.5) is 5.69 Å². The molecule has 0 saturated carbocycles. The molecule has 2 aromatic carbocycles. The summed E-state index contributed by atoms with van der Waals surface area (Å²) in [5.41, 5.74) is 3.15. The summed E-state index contributed by atoms with van der Waals surface area (Å²) in [5, 5.41) is 3.10. The highest BCUT2D eigenvalue weighted by Crippen LogP contribution is 2.25. The molecule has 3 aromatic rings. The second kappa shape index (κ2) is 7.46. The van der Waals surface area contributed by atoms with Crippen molar-refractivity contribution in [2.45, 2.75) is 32.7 Å². The summed E-state index contributed by atoms with van der Waals surface area (Å²) in [6, 6.07) is 14.8. The lowest BCUT2D eigenvalue weighted by Crippen LogP contribution is -2.32. The summed E-state index contributed by atoms with van der Waals surface area (Å²) in [5.74, 6) is 0.843. The lowest BCUT2D eigenvalue weighted by Gasteiger charge is -2.21. The number of nitrogens with zero attached hydrogens (tertiary/aromatic N) is 2. The zero-order valence-corrected chi connectivity index (χ0v) is 16.1. The maximum Gasteiger partial charge on any atom is 0.251 e. The predicted octanol–water partition coefficient (Wildman–Crippen LogP) is 3.82. The van der Waals surface area contributed by atoms with Crippen LogP contribution in [0.2, 0.25) is 0 Å². The monoisotopic (exact) mass is 376 g/mol. The van der Waals surface area contributed by atoms with Crippen LogP contribution in [-0.4, -0.2) is 28.3 Å². The van der Waals surface area contributed by atoms with Crippen LogP contribution in [0.3, 0.4) is 0 Å². The van der Waals surface area contributed by atoms with Crippen LogP contribution in [-0.2, 0) is 4.79 Å². The van der Waals surface area contributed by atoms with Gasteiger partial charge in [-0.1, -0.05) is 32.0 Å². The molecule has 28 heavy (non-hydrogen) atoms. The Labute approximate surface area is 164 Å². The third kappa shape index (κ3) is 3.50. The van der Waals surface area contributed by atoms with E-state index in [-0.39, 0.29) is 23.8 Å². The number of imidazole rings is 1. The fraction of sp³-hybridized carbons (Fsp3) is 0.318. The topological polar surface area (TPSA) is 78.1 Å². The molecule has 6 heteroatoms. The summed E-state index contributed by atoms with van der Waals surface area (Å²) < 4.78 is 0. The van der Waals surface area contributed by atoms with Gasteiger partial charge >= 0.3 is 0 Å². The van der Waals surface area contributed by atoms with E-state index in [1.807, 2.05) is 36.4 Å². The molecule has 0 spiro atoms. The number of carbonyl (C=O) groups is 2. The maximum absolute atomic E-state index is 12.9. The van der Waals surface area contributed by atoms with Crippen molar-refractivity contribution in [1.29, 1.82) is 0 Å². The first-order valence-corrected chi connectivity index (χ1v) is 9.69. The van der Waals surface area contributed by atoms with Gasteiger partial charge in [-0.25, -0.2) is 4.98 Å². The number of para-hydroxylation sites is 2. The fourth-order valence-electron chi connectivity index (χ4n) is 3.63. The molecular formula is C22H24N4O2. The number of nitrogens with one attached hydrogen (secondary N) is 2. The highest BCUT2D eigenvalue weighted by Gasteiger charge is 2.25. The molecule has 0 radical (unpaired) electrons. The zero-order chi connectivity index (χ0) is 19.7. The second-order valence-electron chi connectivity index (χ2n) is 7.53. The van der Waals surface area contributed by atoms with Crippen LogP contribution in [0.15, 0.2) is 48.5 Å². The molecule has 1 saturated heterocycles. The highest BCUT2D eigenvalue weighted by atomic mass is 16.2. The molecule has 144 valence electrons. The molecule has 6 nitrogen and oxygen atoms in total. The van der Waals surface area contributed by atoms with Crippen LogP contribution < -0.4 is 10.2 Å². The summed E-state index contributed by atoms with van der Waals surface area (Å²) in [7, 11) is 0. The van der Waals surface area contributed by atoms with Gasteiger partial charge in [0.25, 0.3) is 5.91 Å². The van der Waals surface area contributed by atoms with E-state index in [9.17, 15) is 9.59 Å². The number of fused-ring (bicyclic) bond motifs is 1. The smallest absolute Gasteiger partial charge is 0.251 e. The van der Waals surface area contributed by atoms with E-state index in [0.717, 1.165) is 29.0 Å². The minimum Gasteiger partial charge on any atom is -0.342 e. The van der Waals surface area contributed by atoms with Gasteiger partial charge in [-0.15, -0.1) is 0 Å². The molecule has 4 rings (SSSR count). The van der Waals surface area contributed by atoms with Crippen molar-refractivity contribution in [2.24, 2.45) is 5.92 Å². The van der Waals surface area contributed by atoms with Crippen molar-refractivity contribution >= 4 is 28.5 Å². The fourth-order valence-corrected chi connectivity index (χ4v) is 3.63. The second-order valence-corrected chi connectivity index (χ2v) is 7.53. The Morgan fingerprint density at radius 2 is 2.00 bits per heavy atom. The van der Waals surface area contributed by atoms with Crippen LogP contribution >= 0.6 is 0 Å². The molecule has 2 N–H and O–H groups in total. The SMILES string of the molecule is CC(C)C(NC(=O)c1cccc(N2CCCC2=O)c1)c1nc2ccccc2[nH]1. The van der Waals surface area contributed by atoms with Gasteiger partial charge in [-0.3, -0.25) is 9.59 Å². The number of hydrogen-bond donors (Lipinski definition) is 2. The minimum absolute atomic E-state index is 0.111. The zero-order valence-electron chi connectivity index (χ0n) is 16.1. The van der Waals surface area contributed by atoms with Crippen LogP contribution in [0, 0.1) is 5.92 Å². The number of aromatic amines is 1. The van der Waals surface area contributed by atoms with Crippen molar-refractivity contribution in [3.63, 3.8) is 0 Å². The van der Waals surface area contributed by atoms with Crippen molar-refractivity contribution in [3.05, 3.63) is 59.9 Å². The van der Waals surface area contributed by atoms with E-state index < -0.39 is 0 Å². The molecule has 0 bridgehead atoms. The van der Waals surface area contributed by atoms with Crippen molar-refractivity contribution in [3.8, 4) is 0 Å². The summed E-state index contributed by atoms with van der Waals surface area (Å²) >= 11 is 0. The standard InChI is InChI=1S/C22H24N4O2/c1-14(2)20(21-23-17-9-3-4-10-18(17)24-21)25-22(28)15-7-5-8-16(13-15)26-12-6-11-19(26)27/h3-5,7-10,13-14,20H,6,11-12H2,1-2H3,(H,23,24)(H,25,28). The number of amides is 2. The van der Waals surface area contributed by atoms with Crippen LogP contribution in [0.1, 0.15) is 48.9 Å². The summed E-state index contributed by atoms with van der Waals surface area (Å²) in [6.07, 6.45) is 1.43. The Morgan fingerprint density at radius 3 is 2.71 bits per heavy atom. The molecule has 1 fully saturated rings. The van der Waals surface area contributed by atoms with E-state index in [4.69, 9.17) is 0 Å². The molecule has 1 unspecified atom stereocenters. The quantitative estimate of drug-likeness (QED) is 0.711. The molecule has 2 heterocycles. The van der Waals surface area contributed by atoms with Gasteiger partial charge in [-0.05, 0) is 42.7 Å². The van der Waals surface area contributed by atoms with Gasteiger partial charge in [0.15, 0.2) is 0 Å². The Bertz CT molecular complexity index is 991. The number of benzene rings is 2. The van der Waals surface area contributed by atoms with Crippen molar-refractivity contribution in [1.82, 2.24) is 15.3 Å². The lowest BCUT2D eigenvalue weighted by molar-refractivity contribution is -0.117. The van der Waals surface area contributed by atoms with Crippen LogP contribution in [0.25, 0.3) is 11.0 Å². The molecule has 0 aliphatic carbocycles. The molecule has 2 amide bonds. The van der Waals surface area contributed by atoms with Gasteiger partial charge in [0.2, 0.25) is 5.91 Å². The molecule has 1 aliphatic heterocycles. The number of hydrogen-bond acceptors (Lipinski definition) is 3. The van der Waals surface area contributed by atoms with E-state index in [2.05, 4.69) is 29.1 Å². The van der Waals surface area contributed by atoms with E-state index in [1.165, 1.54) is 0 Å². The highest BCUT2D eigenvalue weighted by molar-refractivity contribution is 5.99. The first-order chi connectivity index (χ1) is 13.5. The minimum atomic E-state index is -0.239. The van der Waals surface area contributed by atoms with Gasteiger partial charge in [0.1, 0.15) is 5.82 Å². The number of aromatic nitrogens is 2. The Morgan fingerprint density at radius 1 is 1.18 bits per heavy atom. The first kappa shape index (κ1) is 18.2. The van der Waals surface area contributed by atoms with E-state index in [1.54, 1.807) is 17.0 Å². The average Bonchev–Trinajstić information content (AvgIpc) is 3.31. The Hall–Kier alpha value is -3.15. The number of carbonyl (C=O) groups excluding carboxylic acids is 2.